The lowest BCUT2D eigenvalue weighted by Gasteiger charge is -2.28. The van der Waals surface area contributed by atoms with Gasteiger partial charge in [0.1, 0.15) is 0 Å². The zero-order valence-corrected chi connectivity index (χ0v) is 19.2. The molecule has 162 valence electrons. The fourth-order valence-electron chi connectivity index (χ4n) is 4.02. The highest BCUT2D eigenvalue weighted by Crippen LogP contribution is 2.37. The number of halogens is 3. The summed E-state index contributed by atoms with van der Waals surface area (Å²) in [5.74, 6) is -0.0938. The molecule has 1 saturated carbocycles. The van der Waals surface area contributed by atoms with E-state index in [2.05, 4.69) is 10.3 Å². The highest BCUT2D eigenvalue weighted by Gasteiger charge is 2.28. The van der Waals surface area contributed by atoms with Crippen LogP contribution in [-0.2, 0) is 7.05 Å². The average molecular weight is 479 g/mol. The number of hydrogen-bond donors (Lipinski definition) is 2. The molecule has 5 nitrogen and oxygen atoms in total. The second kappa shape index (κ2) is 9.21. The first-order chi connectivity index (χ1) is 14.8. The number of imidazole rings is 1. The van der Waals surface area contributed by atoms with E-state index in [1.165, 1.54) is 0 Å². The van der Waals surface area contributed by atoms with E-state index in [9.17, 15) is 9.90 Å². The van der Waals surface area contributed by atoms with Crippen molar-refractivity contribution in [3.63, 3.8) is 0 Å². The number of carbonyl (C=O) groups is 1. The molecular weight excluding hydrogens is 457 g/mol. The van der Waals surface area contributed by atoms with Gasteiger partial charge in [-0.3, -0.25) is 4.79 Å². The van der Waals surface area contributed by atoms with Crippen molar-refractivity contribution in [2.24, 2.45) is 7.05 Å². The molecule has 1 aromatic heterocycles. The van der Waals surface area contributed by atoms with Gasteiger partial charge in [0.15, 0.2) is 5.82 Å². The van der Waals surface area contributed by atoms with E-state index in [0.717, 1.165) is 30.5 Å². The molecule has 8 heteroatoms. The summed E-state index contributed by atoms with van der Waals surface area (Å²) in [6.07, 6.45) is 2.84. The first-order valence-corrected chi connectivity index (χ1v) is 11.3. The van der Waals surface area contributed by atoms with Crippen molar-refractivity contribution in [2.75, 3.05) is 0 Å². The van der Waals surface area contributed by atoms with Crippen LogP contribution in [0.4, 0.5) is 0 Å². The van der Waals surface area contributed by atoms with Crippen LogP contribution in [0, 0.1) is 0 Å². The lowest BCUT2D eigenvalue weighted by molar-refractivity contribution is 0.0708. The smallest absolute Gasteiger partial charge is 0.287 e. The number of benzene rings is 2. The van der Waals surface area contributed by atoms with E-state index in [4.69, 9.17) is 34.8 Å². The van der Waals surface area contributed by atoms with E-state index >= 15 is 0 Å². The van der Waals surface area contributed by atoms with Gasteiger partial charge in [-0.2, -0.15) is 0 Å². The molecule has 0 unspecified atom stereocenters. The molecule has 2 N–H and O–H groups in total. The first kappa shape index (κ1) is 22.2. The van der Waals surface area contributed by atoms with Crippen LogP contribution in [0.1, 0.15) is 36.3 Å². The van der Waals surface area contributed by atoms with Gasteiger partial charge in [0.25, 0.3) is 5.91 Å². The zero-order valence-electron chi connectivity index (χ0n) is 16.9. The van der Waals surface area contributed by atoms with Gasteiger partial charge in [-0.15, -0.1) is 0 Å². The van der Waals surface area contributed by atoms with Crippen molar-refractivity contribution in [3.05, 3.63) is 63.4 Å². The summed E-state index contributed by atoms with van der Waals surface area (Å²) >= 11 is 18.6. The summed E-state index contributed by atoms with van der Waals surface area (Å²) in [5.41, 5.74) is 2.82. The van der Waals surface area contributed by atoms with Crippen molar-refractivity contribution >= 4 is 40.7 Å². The second-order valence-corrected chi connectivity index (χ2v) is 9.03. The third-order valence-corrected chi connectivity index (χ3v) is 6.45. The third-order valence-electron chi connectivity index (χ3n) is 5.65. The summed E-state index contributed by atoms with van der Waals surface area (Å²) < 4.78 is 1.74. The Balaban J connectivity index is 1.80. The molecule has 0 aliphatic heterocycles. The Labute approximate surface area is 196 Å². The highest BCUT2D eigenvalue weighted by atomic mass is 35.5. The minimum Gasteiger partial charge on any atom is -0.391 e. The Kier molecular flexibility index (Phi) is 6.58. The number of amides is 1. The monoisotopic (exact) mass is 477 g/mol. The SMILES string of the molecule is Cn1c(C(=O)N[C@@H]2CCCC[C@@H]2O)nc(-c2ccc(Cl)cc2Cl)c1-c1ccc(Cl)cc1. The van der Waals surface area contributed by atoms with Crippen molar-refractivity contribution in [1.29, 1.82) is 0 Å². The Morgan fingerprint density at radius 2 is 1.74 bits per heavy atom. The molecule has 31 heavy (non-hydrogen) atoms. The number of aliphatic hydroxyl groups is 1. The first-order valence-electron chi connectivity index (χ1n) is 10.1. The Bertz CT molecular complexity index is 1110. The van der Waals surface area contributed by atoms with Gasteiger partial charge in [-0.25, -0.2) is 4.98 Å². The number of rotatable bonds is 4. The molecule has 0 radical (unpaired) electrons. The molecule has 1 heterocycles. The molecule has 4 rings (SSSR count). The minimum absolute atomic E-state index is 0.240. The average Bonchev–Trinajstić information content (AvgIpc) is 3.07. The Hall–Kier alpha value is -2.05. The summed E-state index contributed by atoms with van der Waals surface area (Å²) in [5, 5.41) is 14.8. The van der Waals surface area contributed by atoms with Gasteiger partial charge < -0.3 is 15.0 Å². The molecule has 1 aliphatic rings. The molecule has 1 amide bonds. The van der Waals surface area contributed by atoms with Crippen LogP contribution in [-0.4, -0.2) is 32.7 Å². The normalized spacial score (nSPS) is 18.7. The lowest BCUT2D eigenvalue weighted by Crippen LogP contribution is -2.45. The topological polar surface area (TPSA) is 67.2 Å². The van der Waals surface area contributed by atoms with Gasteiger partial charge >= 0.3 is 0 Å². The molecule has 3 aromatic rings. The van der Waals surface area contributed by atoms with Crippen LogP contribution in [0.3, 0.4) is 0 Å². The van der Waals surface area contributed by atoms with Crippen LogP contribution >= 0.6 is 34.8 Å². The molecule has 0 spiro atoms. The molecular formula is C23H22Cl3N3O2. The van der Waals surface area contributed by atoms with Gasteiger partial charge in [0, 0.05) is 28.2 Å². The Morgan fingerprint density at radius 3 is 2.42 bits per heavy atom. The van der Waals surface area contributed by atoms with Crippen molar-refractivity contribution < 1.29 is 9.90 Å². The number of nitrogens with zero attached hydrogens (tertiary/aromatic N) is 2. The predicted octanol–water partition coefficient (Wildman–Crippen LogP) is 5.75. The number of aliphatic hydroxyl groups excluding tert-OH is 1. The van der Waals surface area contributed by atoms with E-state index in [1.807, 2.05) is 12.1 Å². The number of carbonyl (C=O) groups excluding carboxylic acids is 1. The molecule has 2 atom stereocenters. The quantitative estimate of drug-likeness (QED) is 0.502. The van der Waals surface area contributed by atoms with Crippen molar-refractivity contribution in [2.45, 2.75) is 37.8 Å². The number of aromatic nitrogens is 2. The van der Waals surface area contributed by atoms with E-state index in [-0.39, 0.29) is 17.8 Å². The summed E-state index contributed by atoms with van der Waals surface area (Å²) in [4.78, 5) is 17.8. The maximum absolute atomic E-state index is 13.1. The van der Waals surface area contributed by atoms with Crippen LogP contribution < -0.4 is 5.32 Å². The largest absolute Gasteiger partial charge is 0.391 e. The standard InChI is InChI=1S/C23H22Cl3N3O2/c1-29-21(13-6-8-14(24)9-7-13)20(16-11-10-15(25)12-17(16)26)28-22(29)23(31)27-18-4-2-3-5-19(18)30/h6-12,18-19,30H,2-5H2,1H3,(H,27,31)/t18-,19+/m1/s1. The van der Waals surface area contributed by atoms with Gasteiger partial charge in [0.2, 0.25) is 0 Å². The highest BCUT2D eigenvalue weighted by molar-refractivity contribution is 6.36. The summed E-state index contributed by atoms with van der Waals surface area (Å²) in [7, 11) is 1.79. The molecule has 2 aromatic carbocycles. The van der Waals surface area contributed by atoms with Crippen LogP contribution in [0.2, 0.25) is 15.1 Å². The maximum Gasteiger partial charge on any atom is 0.287 e. The van der Waals surface area contributed by atoms with Crippen molar-refractivity contribution in [3.8, 4) is 22.5 Å². The van der Waals surface area contributed by atoms with Gasteiger partial charge in [0.05, 0.1) is 28.6 Å². The van der Waals surface area contributed by atoms with Gasteiger partial charge in [-0.1, -0.05) is 59.8 Å². The molecule has 1 aliphatic carbocycles. The van der Waals surface area contributed by atoms with E-state index in [0.29, 0.717) is 32.7 Å². The van der Waals surface area contributed by atoms with E-state index in [1.54, 1.807) is 41.9 Å². The van der Waals surface area contributed by atoms with Crippen LogP contribution in [0.15, 0.2) is 42.5 Å². The summed E-state index contributed by atoms with van der Waals surface area (Å²) in [6, 6.07) is 12.2. The molecule has 0 bridgehead atoms. The summed E-state index contributed by atoms with van der Waals surface area (Å²) in [6.45, 7) is 0. The third kappa shape index (κ3) is 4.60. The fraction of sp³-hybridized carbons (Fsp3) is 0.304. The zero-order chi connectivity index (χ0) is 22.1. The molecule has 0 saturated heterocycles. The second-order valence-electron chi connectivity index (χ2n) is 7.75. The van der Waals surface area contributed by atoms with Crippen LogP contribution in [0.25, 0.3) is 22.5 Å². The maximum atomic E-state index is 13.1. The molecule has 1 fully saturated rings. The van der Waals surface area contributed by atoms with Crippen LogP contribution in [0.5, 0.6) is 0 Å². The minimum atomic E-state index is -0.543. The van der Waals surface area contributed by atoms with Crippen molar-refractivity contribution in [1.82, 2.24) is 14.9 Å². The predicted molar refractivity (Wildman–Crippen MR) is 125 cm³/mol. The number of hydrogen-bond acceptors (Lipinski definition) is 3. The lowest BCUT2D eigenvalue weighted by atomic mass is 9.92. The Morgan fingerprint density at radius 1 is 1.06 bits per heavy atom. The van der Waals surface area contributed by atoms with E-state index < -0.39 is 6.10 Å². The fourth-order valence-corrected chi connectivity index (χ4v) is 4.65. The number of nitrogens with one attached hydrogen (secondary N) is 1. The van der Waals surface area contributed by atoms with Gasteiger partial charge in [-0.05, 0) is 43.2 Å².